The van der Waals surface area contributed by atoms with E-state index in [0.717, 1.165) is 5.56 Å². The van der Waals surface area contributed by atoms with Crippen molar-refractivity contribution in [2.75, 3.05) is 11.1 Å². The molecule has 0 aliphatic heterocycles. The monoisotopic (exact) mass is 266 g/mol. The lowest BCUT2D eigenvalue weighted by atomic mass is 10.2. The van der Waals surface area contributed by atoms with E-state index in [4.69, 9.17) is 11.0 Å². The van der Waals surface area contributed by atoms with E-state index in [1.54, 1.807) is 36.4 Å². The Morgan fingerprint density at radius 3 is 2.75 bits per heavy atom. The van der Waals surface area contributed by atoms with Gasteiger partial charge in [-0.05, 0) is 35.9 Å². The third-order valence-electron chi connectivity index (χ3n) is 2.65. The van der Waals surface area contributed by atoms with Gasteiger partial charge in [-0.2, -0.15) is 5.26 Å². The van der Waals surface area contributed by atoms with Gasteiger partial charge in [0.2, 0.25) is 0 Å². The third kappa shape index (κ3) is 3.75. The molecule has 20 heavy (non-hydrogen) atoms. The molecule has 0 radical (unpaired) electrons. The number of anilines is 2. The maximum absolute atomic E-state index is 11.7. The molecule has 100 valence electrons. The lowest BCUT2D eigenvalue weighted by Crippen LogP contribution is -2.28. The molecule has 0 aliphatic rings. The van der Waals surface area contributed by atoms with Gasteiger partial charge in [-0.25, -0.2) is 4.79 Å². The summed E-state index contributed by atoms with van der Waals surface area (Å²) in [6.45, 7) is 0.384. The molecule has 0 saturated heterocycles. The molecule has 5 heteroatoms. The van der Waals surface area contributed by atoms with Gasteiger partial charge in [0, 0.05) is 17.9 Å². The molecule has 0 aromatic heterocycles. The summed E-state index contributed by atoms with van der Waals surface area (Å²) in [4.78, 5) is 11.7. The fourth-order valence-corrected chi connectivity index (χ4v) is 1.73. The predicted octanol–water partition coefficient (Wildman–Crippen LogP) is 2.46. The second kappa shape index (κ2) is 6.25. The molecule has 0 spiro atoms. The normalized spacial score (nSPS) is 9.55. The van der Waals surface area contributed by atoms with Crippen LogP contribution >= 0.6 is 0 Å². The van der Waals surface area contributed by atoms with Gasteiger partial charge in [0.25, 0.3) is 0 Å². The standard InChI is InChI=1S/C15H14N4O/c16-9-11-3-2-6-14(8-11)19-15(20)18-10-12-4-1-5-13(17)7-12/h1-8H,10,17H2,(H2,18,19,20). The third-order valence-corrected chi connectivity index (χ3v) is 2.65. The first-order chi connectivity index (χ1) is 9.67. The Morgan fingerprint density at radius 2 is 2.00 bits per heavy atom. The number of amides is 2. The first-order valence-electron chi connectivity index (χ1n) is 6.07. The Balaban J connectivity index is 1.91. The predicted molar refractivity (Wildman–Crippen MR) is 77.9 cm³/mol. The van der Waals surface area contributed by atoms with Gasteiger partial charge >= 0.3 is 6.03 Å². The summed E-state index contributed by atoms with van der Waals surface area (Å²) in [5, 5.41) is 14.2. The van der Waals surface area contributed by atoms with Gasteiger partial charge in [0.1, 0.15) is 0 Å². The SMILES string of the molecule is N#Cc1cccc(NC(=O)NCc2cccc(N)c2)c1. The molecule has 2 rings (SSSR count). The highest BCUT2D eigenvalue weighted by atomic mass is 16.2. The van der Waals surface area contributed by atoms with Gasteiger partial charge in [-0.3, -0.25) is 0 Å². The zero-order chi connectivity index (χ0) is 14.4. The average Bonchev–Trinajstić information content (AvgIpc) is 2.45. The number of hydrogen-bond donors (Lipinski definition) is 3. The first kappa shape index (κ1) is 13.4. The van der Waals surface area contributed by atoms with Gasteiger partial charge in [0.15, 0.2) is 0 Å². The maximum atomic E-state index is 11.7. The van der Waals surface area contributed by atoms with Crippen LogP contribution < -0.4 is 16.4 Å². The molecule has 0 fully saturated rings. The topological polar surface area (TPSA) is 90.9 Å². The van der Waals surface area contributed by atoms with Crippen LogP contribution in [0.1, 0.15) is 11.1 Å². The molecule has 2 aromatic rings. The van der Waals surface area contributed by atoms with Gasteiger partial charge in [0.05, 0.1) is 11.6 Å². The highest BCUT2D eigenvalue weighted by Gasteiger charge is 2.02. The molecule has 0 aliphatic carbocycles. The lowest BCUT2D eigenvalue weighted by molar-refractivity contribution is 0.251. The van der Waals surface area contributed by atoms with Crippen molar-refractivity contribution in [3.63, 3.8) is 0 Å². The van der Waals surface area contributed by atoms with Crippen molar-refractivity contribution in [1.29, 1.82) is 5.26 Å². The van der Waals surface area contributed by atoms with Gasteiger partial charge in [-0.15, -0.1) is 0 Å². The number of benzene rings is 2. The number of hydrogen-bond acceptors (Lipinski definition) is 3. The largest absolute Gasteiger partial charge is 0.399 e. The number of nitrogen functional groups attached to an aromatic ring is 1. The molecule has 4 N–H and O–H groups in total. The second-order valence-electron chi connectivity index (χ2n) is 4.25. The number of nitriles is 1. The molecule has 0 unspecified atom stereocenters. The van der Waals surface area contributed by atoms with Crippen molar-refractivity contribution < 1.29 is 4.79 Å². The highest BCUT2D eigenvalue weighted by molar-refractivity contribution is 5.89. The minimum absolute atomic E-state index is 0.331. The molecule has 2 amide bonds. The average molecular weight is 266 g/mol. The van der Waals surface area contributed by atoms with Crippen LogP contribution in [0.2, 0.25) is 0 Å². The first-order valence-corrected chi connectivity index (χ1v) is 6.07. The van der Waals surface area contributed by atoms with E-state index in [0.29, 0.717) is 23.5 Å². The van der Waals surface area contributed by atoms with Crippen LogP contribution in [0.15, 0.2) is 48.5 Å². The summed E-state index contributed by atoms with van der Waals surface area (Å²) in [6, 6.07) is 15.7. The molecule has 0 atom stereocenters. The number of carbonyl (C=O) groups excluding carboxylic acids is 1. The molecular formula is C15H14N4O. The van der Waals surface area contributed by atoms with Crippen molar-refractivity contribution in [3.8, 4) is 6.07 Å². The number of nitrogens with one attached hydrogen (secondary N) is 2. The maximum Gasteiger partial charge on any atom is 0.319 e. The van der Waals surface area contributed by atoms with E-state index in [9.17, 15) is 4.79 Å². The van der Waals surface area contributed by atoms with Crippen molar-refractivity contribution in [3.05, 3.63) is 59.7 Å². The van der Waals surface area contributed by atoms with Crippen LogP contribution in [-0.4, -0.2) is 6.03 Å². The minimum Gasteiger partial charge on any atom is -0.399 e. The quantitative estimate of drug-likeness (QED) is 0.745. The zero-order valence-corrected chi connectivity index (χ0v) is 10.8. The van der Waals surface area contributed by atoms with Crippen molar-refractivity contribution in [2.24, 2.45) is 0 Å². The summed E-state index contributed by atoms with van der Waals surface area (Å²) in [7, 11) is 0. The second-order valence-corrected chi connectivity index (χ2v) is 4.25. The molecule has 0 heterocycles. The molecule has 0 bridgehead atoms. The fourth-order valence-electron chi connectivity index (χ4n) is 1.73. The highest BCUT2D eigenvalue weighted by Crippen LogP contribution is 2.10. The van der Waals surface area contributed by atoms with Crippen molar-refractivity contribution in [1.82, 2.24) is 5.32 Å². The summed E-state index contributed by atoms with van der Waals surface area (Å²) >= 11 is 0. The number of urea groups is 1. The summed E-state index contributed by atoms with van der Waals surface area (Å²) in [6.07, 6.45) is 0. The van der Waals surface area contributed by atoms with Crippen molar-refractivity contribution >= 4 is 17.4 Å². The zero-order valence-electron chi connectivity index (χ0n) is 10.8. The lowest BCUT2D eigenvalue weighted by Gasteiger charge is -2.08. The van der Waals surface area contributed by atoms with Crippen LogP contribution in [-0.2, 0) is 6.54 Å². The number of rotatable bonds is 3. The van der Waals surface area contributed by atoms with E-state index in [1.807, 2.05) is 18.2 Å². The summed E-state index contributed by atoms with van der Waals surface area (Å²) in [5.41, 5.74) is 8.32. The number of nitrogens with two attached hydrogens (primary N) is 1. The van der Waals surface area contributed by atoms with Crippen LogP contribution in [0.3, 0.4) is 0 Å². The number of carbonyl (C=O) groups is 1. The Hall–Kier alpha value is -3.00. The van der Waals surface area contributed by atoms with E-state index in [2.05, 4.69) is 10.6 Å². The van der Waals surface area contributed by atoms with E-state index in [-0.39, 0.29) is 6.03 Å². The molecule has 0 saturated carbocycles. The fraction of sp³-hybridized carbons (Fsp3) is 0.0667. The number of nitrogens with zero attached hydrogens (tertiary/aromatic N) is 1. The van der Waals surface area contributed by atoms with Gasteiger partial charge in [-0.1, -0.05) is 18.2 Å². The van der Waals surface area contributed by atoms with Crippen LogP contribution in [0.4, 0.5) is 16.2 Å². The Morgan fingerprint density at radius 1 is 1.20 bits per heavy atom. The van der Waals surface area contributed by atoms with E-state index >= 15 is 0 Å². The molecule has 2 aromatic carbocycles. The summed E-state index contributed by atoms with van der Waals surface area (Å²) < 4.78 is 0. The molecule has 5 nitrogen and oxygen atoms in total. The summed E-state index contributed by atoms with van der Waals surface area (Å²) in [5.74, 6) is 0. The van der Waals surface area contributed by atoms with E-state index in [1.165, 1.54) is 0 Å². The smallest absolute Gasteiger partial charge is 0.319 e. The van der Waals surface area contributed by atoms with Crippen LogP contribution in [0, 0.1) is 11.3 Å². The Bertz CT molecular complexity index is 661. The van der Waals surface area contributed by atoms with Crippen LogP contribution in [0.5, 0.6) is 0 Å². The van der Waals surface area contributed by atoms with E-state index < -0.39 is 0 Å². The molecular weight excluding hydrogens is 252 g/mol. The van der Waals surface area contributed by atoms with Crippen LogP contribution in [0.25, 0.3) is 0 Å². The Kier molecular flexibility index (Phi) is 4.20. The van der Waals surface area contributed by atoms with Gasteiger partial charge < -0.3 is 16.4 Å². The Labute approximate surface area is 117 Å². The van der Waals surface area contributed by atoms with Crippen molar-refractivity contribution in [2.45, 2.75) is 6.54 Å². The minimum atomic E-state index is -0.331.